The van der Waals surface area contributed by atoms with Gasteiger partial charge in [-0.2, -0.15) is 0 Å². The van der Waals surface area contributed by atoms with Crippen LogP contribution in [-0.2, 0) is 6.54 Å². The number of nitrogens with one attached hydrogen (secondary N) is 1. The molecule has 104 valence electrons. The first-order valence-corrected chi connectivity index (χ1v) is 7.21. The predicted octanol–water partition coefficient (Wildman–Crippen LogP) is 2.96. The highest BCUT2D eigenvalue weighted by molar-refractivity contribution is 5.79. The summed E-state index contributed by atoms with van der Waals surface area (Å²) in [5.74, 6) is 1.26. The van der Waals surface area contributed by atoms with Gasteiger partial charge in [-0.05, 0) is 43.0 Å². The summed E-state index contributed by atoms with van der Waals surface area (Å²) in [6, 6.07) is 8.96. The van der Waals surface area contributed by atoms with Gasteiger partial charge in [0, 0.05) is 12.5 Å². The fourth-order valence-electron chi connectivity index (χ4n) is 2.67. The van der Waals surface area contributed by atoms with Crippen LogP contribution in [0.4, 0.5) is 0 Å². The monoisotopic (exact) mass is 259 g/mol. The van der Waals surface area contributed by atoms with Crippen molar-refractivity contribution in [1.82, 2.24) is 4.90 Å². The van der Waals surface area contributed by atoms with E-state index >= 15 is 0 Å². The maximum atomic E-state index is 7.50. The molecule has 3 heteroatoms. The number of hydrogen-bond donors (Lipinski definition) is 2. The summed E-state index contributed by atoms with van der Waals surface area (Å²) in [6.07, 6.45) is 2.05. The third-order valence-corrected chi connectivity index (χ3v) is 4.08. The first-order valence-electron chi connectivity index (χ1n) is 7.21. The van der Waals surface area contributed by atoms with Crippen molar-refractivity contribution < 1.29 is 0 Å². The van der Waals surface area contributed by atoms with Gasteiger partial charge in [-0.3, -0.25) is 10.3 Å². The Labute approximate surface area is 116 Å². The van der Waals surface area contributed by atoms with Gasteiger partial charge < -0.3 is 5.73 Å². The fraction of sp³-hybridized carbons (Fsp3) is 0.562. The van der Waals surface area contributed by atoms with Crippen LogP contribution in [0, 0.1) is 11.3 Å². The summed E-state index contributed by atoms with van der Waals surface area (Å²) >= 11 is 0. The molecule has 0 amide bonds. The van der Waals surface area contributed by atoms with Gasteiger partial charge in [0.05, 0.1) is 5.84 Å². The Morgan fingerprint density at radius 2 is 1.84 bits per heavy atom. The predicted molar refractivity (Wildman–Crippen MR) is 80.4 cm³/mol. The van der Waals surface area contributed by atoms with Gasteiger partial charge in [-0.1, -0.05) is 38.1 Å². The molecule has 1 aromatic rings. The third kappa shape index (κ3) is 3.80. The van der Waals surface area contributed by atoms with Crippen LogP contribution >= 0.6 is 0 Å². The molecule has 1 fully saturated rings. The molecule has 0 spiro atoms. The molecule has 19 heavy (non-hydrogen) atoms. The van der Waals surface area contributed by atoms with Crippen molar-refractivity contribution >= 4 is 5.84 Å². The topological polar surface area (TPSA) is 53.1 Å². The van der Waals surface area contributed by atoms with Crippen molar-refractivity contribution in [3.63, 3.8) is 0 Å². The molecule has 0 radical (unpaired) electrons. The van der Waals surface area contributed by atoms with E-state index < -0.39 is 0 Å². The highest BCUT2D eigenvalue weighted by Crippen LogP contribution is 2.20. The Bertz CT molecular complexity index is 414. The minimum atomic E-state index is 0.305. The first-order chi connectivity index (χ1) is 9.06. The van der Waals surface area contributed by atoms with E-state index in [4.69, 9.17) is 11.1 Å². The molecule has 3 N–H and O–H groups in total. The summed E-state index contributed by atoms with van der Waals surface area (Å²) in [6.45, 7) is 7.57. The zero-order valence-corrected chi connectivity index (χ0v) is 12.0. The molecule has 0 atom stereocenters. The molecule has 0 unspecified atom stereocenters. The van der Waals surface area contributed by atoms with Crippen LogP contribution in [0.1, 0.15) is 43.7 Å². The average molecular weight is 259 g/mol. The molecular weight excluding hydrogens is 234 g/mol. The van der Waals surface area contributed by atoms with Crippen LogP contribution in [0.3, 0.4) is 0 Å². The average Bonchev–Trinajstić information content (AvgIpc) is 2.40. The first kappa shape index (κ1) is 14.1. The Morgan fingerprint density at radius 1 is 1.26 bits per heavy atom. The van der Waals surface area contributed by atoms with E-state index in [0.29, 0.717) is 17.7 Å². The van der Waals surface area contributed by atoms with E-state index in [2.05, 4.69) is 43.0 Å². The van der Waals surface area contributed by atoms with Crippen molar-refractivity contribution in [2.75, 3.05) is 13.1 Å². The minimum Gasteiger partial charge on any atom is -0.387 e. The highest BCUT2D eigenvalue weighted by atomic mass is 15.1. The number of rotatable bonds is 4. The van der Waals surface area contributed by atoms with Crippen LogP contribution in [0.5, 0.6) is 0 Å². The van der Waals surface area contributed by atoms with Gasteiger partial charge in [0.1, 0.15) is 0 Å². The summed E-state index contributed by atoms with van der Waals surface area (Å²) in [5.41, 5.74) is 8.36. The number of piperidine rings is 1. The van der Waals surface area contributed by atoms with Crippen LogP contribution in [0.2, 0.25) is 0 Å². The summed E-state index contributed by atoms with van der Waals surface area (Å²) < 4.78 is 0. The number of nitrogens with two attached hydrogens (primary N) is 1. The van der Waals surface area contributed by atoms with E-state index in [1.165, 1.54) is 11.1 Å². The fourth-order valence-corrected chi connectivity index (χ4v) is 2.67. The van der Waals surface area contributed by atoms with E-state index in [0.717, 1.165) is 32.5 Å². The van der Waals surface area contributed by atoms with Crippen molar-refractivity contribution in [3.05, 3.63) is 35.4 Å². The second kappa shape index (κ2) is 6.20. The Morgan fingerprint density at radius 3 is 2.32 bits per heavy atom. The number of nitrogens with zero attached hydrogens (tertiary/aromatic N) is 1. The van der Waals surface area contributed by atoms with Gasteiger partial charge in [0.2, 0.25) is 0 Å². The van der Waals surface area contributed by atoms with Crippen LogP contribution in [0.15, 0.2) is 24.3 Å². The van der Waals surface area contributed by atoms with E-state index in [1.54, 1.807) is 0 Å². The van der Waals surface area contributed by atoms with E-state index in [-0.39, 0.29) is 0 Å². The number of likely N-dealkylation sites (tertiary alicyclic amines) is 1. The molecule has 2 rings (SSSR count). The lowest BCUT2D eigenvalue weighted by atomic mass is 9.95. The smallest absolute Gasteiger partial charge is 0.0937 e. The van der Waals surface area contributed by atoms with Crippen LogP contribution < -0.4 is 5.73 Å². The Balaban J connectivity index is 1.87. The van der Waals surface area contributed by atoms with Gasteiger partial charge in [0.15, 0.2) is 0 Å². The van der Waals surface area contributed by atoms with Crippen LogP contribution in [-0.4, -0.2) is 23.8 Å². The standard InChI is InChI=1S/C16H25N3/c1-12(2)14-5-3-13(4-6-14)11-19-9-7-15(8-10-19)16(17)18/h3-6,12,15H,7-11H2,1-2H3,(H3,17,18). The maximum absolute atomic E-state index is 7.50. The molecule has 1 aliphatic heterocycles. The Kier molecular flexibility index (Phi) is 4.59. The van der Waals surface area contributed by atoms with Gasteiger partial charge in [0.25, 0.3) is 0 Å². The minimum absolute atomic E-state index is 0.305. The molecule has 1 heterocycles. The van der Waals surface area contributed by atoms with Crippen LogP contribution in [0.25, 0.3) is 0 Å². The number of hydrogen-bond acceptors (Lipinski definition) is 2. The van der Waals surface area contributed by atoms with Crippen molar-refractivity contribution in [1.29, 1.82) is 5.41 Å². The number of benzene rings is 1. The molecule has 1 aromatic carbocycles. The van der Waals surface area contributed by atoms with Gasteiger partial charge in [-0.25, -0.2) is 0 Å². The quantitative estimate of drug-likeness (QED) is 0.645. The third-order valence-electron chi connectivity index (χ3n) is 4.08. The van der Waals surface area contributed by atoms with E-state index in [9.17, 15) is 0 Å². The molecule has 3 nitrogen and oxygen atoms in total. The summed E-state index contributed by atoms with van der Waals surface area (Å²) in [5, 5.41) is 7.50. The molecular formula is C16H25N3. The lowest BCUT2D eigenvalue weighted by molar-refractivity contribution is 0.201. The molecule has 1 aliphatic rings. The molecule has 0 bridgehead atoms. The summed E-state index contributed by atoms with van der Waals surface area (Å²) in [7, 11) is 0. The lowest BCUT2D eigenvalue weighted by Gasteiger charge is -2.31. The molecule has 1 saturated heterocycles. The Hall–Kier alpha value is -1.35. The molecule has 0 aliphatic carbocycles. The van der Waals surface area contributed by atoms with Gasteiger partial charge >= 0.3 is 0 Å². The second-order valence-corrected chi connectivity index (χ2v) is 5.90. The lowest BCUT2D eigenvalue weighted by Crippen LogP contribution is -2.37. The number of amidine groups is 1. The molecule has 0 aromatic heterocycles. The zero-order valence-electron chi connectivity index (χ0n) is 12.0. The summed E-state index contributed by atoms with van der Waals surface area (Å²) in [4.78, 5) is 2.46. The maximum Gasteiger partial charge on any atom is 0.0937 e. The zero-order chi connectivity index (χ0) is 13.8. The molecule has 0 saturated carbocycles. The normalized spacial score (nSPS) is 17.8. The van der Waals surface area contributed by atoms with Crippen molar-refractivity contribution in [3.8, 4) is 0 Å². The van der Waals surface area contributed by atoms with Crippen molar-refractivity contribution in [2.24, 2.45) is 11.7 Å². The van der Waals surface area contributed by atoms with E-state index in [1.807, 2.05) is 0 Å². The SMILES string of the molecule is CC(C)c1ccc(CN2CCC(C(=N)N)CC2)cc1. The van der Waals surface area contributed by atoms with Gasteiger partial charge in [-0.15, -0.1) is 0 Å². The van der Waals surface area contributed by atoms with Crippen molar-refractivity contribution in [2.45, 2.75) is 39.2 Å². The highest BCUT2D eigenvalue weighted by Gasteiger charge is 2.20. The second-order valence-electron chi connectivity index (χ2n) is 5.90. The largest absolute Gasteiger partial charge is 0.387 e.